The topological polar surface area (TPSA) is 59.3 Å². The summed E-state index contributed by atoms with van der Waals surface area (Å²) in [6.45, 7) is 3.24. The van der Waals surface area contributed by atoms with Crippen molar-refractivity contribution in [2.75, 3.05) is 38.7 Å². The molecule has 1 aliphatic rings. The molecule has 0 unspecified atom stereocenters. The summed E-state index contributed by atoms with van der Waals surface area (Å²) >= 11 is 0. The van der Waals surface area contributed by atoms with Crippen LogP contribution in [0.1, 0.15) is 17.5 Å². The van der Waals surface area contributed by atoms with E-state index in [2.05, 4.69) is 26.0 Å². The minimum Gasteiger partial charge on any atom is -0.369 e. The van der Waals surface area contributed by atoms with Gasteiger partial charge in [-0.15, -0.1) is 0 Å². The highest BCUT2D eigenvalue weighted by Gasteiger charge is 2.26. The zero-order chi connectivity index (χ0) is 15.5. The van der Waals surface area contributed by atoms with Gasteiger partial charge in [-0.2, -0.15) is 0 Å². The number of aromatic nitrogens is 4. The van der Waals surface area contributed by atoms with Crippen LogP contribution in [0, 0.1) is 0 Å². The normalized spacial score (nSPS) is 19.3. The van der Waals surface area contributed by atoms with Crippen molar-refractivity contribution >= 4 is 5.82 Å². The Morgan fingerprint density at radius 2 is 2.09 bits per heavy atom. The molecule has 0 saturated carbocycles. The third kappa shape index (κ3) is 3.26. The molecule has 1 atom stereocenters. The maximum Gasteiger partial charge on any atom is 0.152 e. The van der Waals surface area contributed by atoms with Crippen molar-refractivity contribution < 1.29 is 4.74 Å². The maximum atomic E-state index is 5.93. The Morgan fingerprint density at radius 1 is 1.27 bits per heavy atom. The number of nitrogens with zero attached hydrogens (tertiary/aromatic N) is 6. The van der Waals surface area contributed by atoms with E-state index in [1.165, 1.54) is 0 Å². The van der Waals surface area contributed by atoms with Crippen molar-refractivity contribution in [3.8, 4) is 0 Å². The third-order valence-electron chi connectivity index (χ3n) is 3.73. The highest BCUT2D eigenvalue weighted by atomic mass is 16.5. The molecular weight excluding hydrogens is 280 g/mol. The first-order valence-corrected chi connectivity index (χ1v) is 7.42. The van der Waals surface area contributed by atoms with Gasteiger partial charge >= 0.3 is 0 Å². The van der Waals surface area contributed by atoms with Crippen LogP contribution in [0.4, 0.5) is 5.82 Å². The van der Waals surface area contributed by atoms with Gasteiger partial charge in [0, 0.05) is 59.4 Å². The predicted octanol–water partition coefficient (Wildman–Crippen LogP) is 0.850. The quantitative estimate of drug-likeness (QED) is 0.834. The molecule has 0 N–H and O–H groups in total. The molecule has 7 nitrogen and oxygen atoms in total. The second-order valence-corrected chi connectivity index (χ2v) is 5.78. The molecule has 7 heteroatoms. The Bertz CT molecular complexity index is 626. The molecule has 0 amide bonds. The molecule has 0 spiro atoms. The largest absolute Gasteiger partial charge is 0.369 e. The van der Waals surface area contributed by atoms with E-state index in [0.717, 1.165) is 36.8 Å². The van der Waals surface area contributed by atoms with Crippen LogP contribution in [0.25, 0.3) is 0 Å². The summed E-state index contributed by atoms with van der Waals surface area (Å²) in [6.07, 6.45) is 7.28. The number of imidazole rings is 1. The van der Waals surface area contributed by atoms with Crippen molar-refractivity contribution in [1.82, 2.24) is 24.4 Å². The van der Waals surface area contributed by atoms with Crippen molar-refractivity contribution in [3.63, 3.8) is 0 Å². The van der Waals surface area contributed by atoms with Gasteiger partial charge in [0.25, 0.3) is 0 Å². The van der Waals surface area contributed by atoms with Crippen molar-refractivity contribution in [2.45, 2.75) is 12.6 Å². The molecule has 3 rings (SSSR count). The smallest absolute Gasteiger partial charge is 0.152 e. The zero-order valence-electron chi connectivity index (χ0n) is 13.3. The number of morpholine rings is 1. The van der Waals surface area contributed by atoms with Crippen LogP contribution in [-0.2, 0) is 18.3 Å². The minimum atomic E-state index is -0.0523. The number of hydrogen-bond acceptors (Lipinski definition) is 6. The van der Waals surface area contributed by atoms with Gasteiger partial charge in [-0.1, -0.05) is 0 Å². The maximum absolute atomic E-state index is 5.93. The second kappa shape index (κ2) is 6.41. The van der Waals surface area contributed by atoms with Gasteiger partial charge in [0.05, 0.1) is 18.6 Å². The molecule has 0 radical (unpaired) electrons. The van der Waals surface area contributed by atoms with Gasteiger partial charge in [-0.25, -0.2) is 9.97 Å². The summed E-state index contributed by atoms with van der Waals surface area (Å²) in [6, 6.07) is 0. The number of hydrogen-bond donors (Lipinski definition) is 0. The first-order valence-electron chi connectivity index (χ1n) is 7.42. The van der Waals surface area contributed by atoms with Gasteiger partial charge in [-0.05, 0) is 0 Å². The lowest BCUT2D eigenvalue weighted by atomic mass is 10.2. The Labute approximate surface area is 130 Å². The molecule has 0 bridgehead atoms. The van der Waals surface area contributed by atoms with E-state index in [4.69, 9.17) is 4.74 Å². The Hall–Kier alpha value is -1.99. The molecular formula is C15H22N6O. The zero-order valence-corrected chi connectivity index (χ0v) is 13.3. The van der Waals surface area contributed by atoms with E-state index in [1.807, 2.05) is 36.9 Å². The molecule has 1 saturated heterocycles. The summed E-state index contributed by atoms with van der Waals surface area (Å²) in [5.74, 6) is 0.868. The summed E-state index contributed by atoms with van der Waals surface area (Å²) in [5.41, 5.74) is 1.98. The molecule has 1 aliphatic heterocycles. The van der Waals surface area contributed by atoms with Crippen molar-refractivity contribution in [2.24, 2.45) is 7.05 Å². The number of anilines is 1. The predicted molar refractivity (Wildman–Crippen MR) is 83.5 cm³/mol. The molecule has 2 aromatic heterocycles. The summed E-state index contributed by atoms with van der Waals surface area (Å²) in [5, 5.41) is 0. The average Bonchev–Trinajstić information content (AvgIpc) is 2.92. The molecule has 2 aromatic rings. The summed E-state index contributed by atoms with van der Waals surface area (Å²) < 4.78 is 7.90. The number of ether oxygens (including phenoxy) is 1. The standard InChI is InChI=1S/C15H22N6O/c1-19(2)15-14(16-4-5-17-15)13-10-21(6-7-22-13)9-12-8-20(3)11-18-12/h4-5,8,11,13H,6-7,9-10H2,1-3H3/t13-/m0/s1. The van der Waals surface area contributed by atoms with Crippen molar-refractivity contribution in [3.05, 3.63) is 36.3 Å². The van der Waals surface area contributed by atoms with Gasteiger partial charge < -0.3 is 14.2 Å². The van der Waals surface area contributed by atoms with Gasteiger partial charge in [0.1, 0.15) is 11.8 Å². The van der Waals surface area contributed by atoms with E-state index >= 15 is 0 Å². The Balaban J connectivity index is 1.73. The second-order valence-electron chi connectivity index (χ2n) is 5.78. The van der Waals surface area contributed by atoms with Gasteiger partial charge in [-0.3, -0.25) is 9.88 Å². The van der Waals surface area contributed by atoms with E-state index < -0.39 is 0 Å². The van der Waals surface area contributed by atoms with Crippen LogP contribution in [0.15, 0.2) is 24.9 Å². The lowest BCUT2D eigenvalue weighted by Gasteiger charge is -2.33. The van der Waals surface area contributed by atoms with Crippen LogP contribution in [0.2, 0.25) is 0 Å². The Morgan fingerprint density at radius 3 is 2.82 bits per heavy atom. The fourth-order valence-corrected chi connectivity index (χ4v) is 2.70. The van der Waals surface area contributed by atoms with E-state index in [1.54, 1.807) is 12.4 Å². The van der Waals surface area contributed by atoms with Crippen LogP contribution >= 0.6 is 0 Å². The number of aryl methyl sites for hydroxylation is 1. The van der Waals surface area contributed by atoms with Crippen LogP contribution in [-0.4, -0.2) is 58.2 Å². The van der Waals surface area contributed by atoms with E-state index in [-0.39, 0.29) is 6.10 Å². The summed E-state index contributed by atoms with van der Waals surface area (Å²) in [4.78, 5) is 17.6. The van der Waals surface area contributed by atoms with Crippen LogP contribution in [0.3, 0.4) is 0 Å². The number of rotatable bonds is 4. The SMILES string of the molecule is CN(C)c1nccnc1[C@@H]1CN(Cc2cn(C)cn2)CCO1. The minimum absolute atomic E-state index is 0.0523. The molecule has 22 heavy (non-hydrogen) atoms. The molecule has 0 aliphatic carbocycles. The highest BCUT2D eigenvalue weighted by molar-refractivity contribution is 5.42. The average molecular weight is 302 g/mol. The van der Waals surface area contributed by atoms with E-state index in [0.29, 0.717) is 6.61 Å². The highest BCUT2D eigenvalue weighted by Crippen LogP contribution is 2.26. The first kappa shape index (κ1) is 14.9. The van der Waals surface area contributed by atoms with Gasteiger partial charge in [0.2, 0.25) is 0 Å². The Kier molecular flexibility index (Phi) is 4.35. The third-order valence-corrected chi connectivity index (χ3v) is 3.73. The molecule has 118 valence electrons. The molecule has 0 aromatic carbocycles. The first-order chi connectivity index (χ1) is 10.6. The lowest BCUT2D eigenvalue weighted by Crippen LogP contribution is -2.38. The lowest BCUT2D eigenvalue weighted by molar-refractivity contribution is -0.0351. The fourth-order valence-electron chi connectivity index (χ4n) is 2.70. The van der Waals surface area contributed by atoms with Gasteiger partial charge in [0.15, 0.2) is 5.82 Å². The molecule has 3 heterocycles. The monoisotopic (exact) mass is 302 g/mol. The van der Waals surface area contributed by atoms with Crippen molar-refractivity contribution in [1.29, 1.82) is 0 Å². The van der Waals surface area contributed by atoms with Crippen LogP contribution in [0.5, 0.6) is 0 Å². The van der Waals surface area contributed by atoms with E-state index in [9.17, 15) is 0 Å². The van der Waals surface area contributed by atoms with Crippen LogP contribution < -0.4 is 4.90 Å². The molecule has 1 fully saturated rings. The summed E-state index contributed by atoms with van der Waals surface area (Å²) in [7, 11) is 5.94. The fraction of sp³-hybridized carbons (Fsp3) is 0.533.